The monoisotopic (exact) mass is 1130 g/mol. The number of aliphatic hydroxyl groups is 4. The topological polar surface area (TPSA) is 80.9 Å². The Kier molecular flexibility index (Phi) is 28.8. The van der Waals surface area contributed by atoms with Gasteiger partial charge in [-0.2, -0.15) is 0 Å². The van der Waals surface area contributed by atoms with Crippen molar-refractivity contribution in [3.05, 3.63) is 211 Å². The molecule has 0 aromatic heterocycles. The standard InChI is InChI=1S/2C40H52O2/c2*1-29(17-13-19-31(3)21-23-37-33(5)25-35(41)27-39(37,7)8)15-11-12-16-30(2)18-14-20-32(4)22-24-38-34(6)26-36(42)28-40(38,9)10/h2*11-20,35-36,41-42H,25-28H2,1-10H3/b2*12-11+,17-13+,18-14+,29-15+,30-16+,31-19+,32-20+/t2*35-,36-/m11/s1. The summed E-state index contributed by atoms with van der Waals surface area (Å²) in [6.45, 7) is 42.1. The zero-order valence-corrected chi connectivity index (χ0v) is 55.3. The number of rotatable bonds is 12. The van der Waals surface area contributed by atoms with E-state index in [1.54, 1.807) is 0 Å². The minimum Gasteiger partial charge on any atom is -0.393 e. The summed E-state index contributed by atoms with van der Waals surface area (Å²) < 4.78 is 0. The van der Waals surface area contributed by atoms with Gasteiger partial charge in [-0.25, -0.2) is 0 Å². The van der Waals surface area contributed by atoms with Gasteiger partial charge in [0.2, 0.25) is 0 Å². The van der Waals surface area contributed by atoms with Gasteiger partial charge in [0.25, 0.3) is 0 Å². The van der Waals surface area contributed by atoms with Crippen molar-refractivity contribution in [2.24, 2.45) is 21.7 Å². The van der Waals surface area contributed by atoms with Crippen molar-refractivity contribution in [2.45, 2.75) is 214 Å². The Morgan fingerprint density at radius 2 is 0.488 bits per heavy atom. The van der Waals surface area contributed by atoms with Gasteiger partial charge in [-0.3, -0.25) is 0 Å². The van der Waals surface area contributed by atoms with Crippen molar-refractivity contribution in [1.29, 1.82) is 0 Å². The van der Waals surface area contributed by atoms with Crippen molar-refractivity contribution in [3.8, 4) is 47.4 Å². The molecule has 0 fully saturated rings. The maximum atomic E-state index is 10.1. The summed E-state index contributed by atoms with van der Waals surface area (Å²) in [5.74, 6) is 26.7. The average Bonchev–Trinajstić information content (AvgIpc) is 3.38. The van der Waals surface area contributed by atoms with Crippen LogP contribution in [-0.4, -0.2) is 44.8 Å². The molecule has 4 rings (SSSR count). The van der Waals surface area contributed by atoms with Crippen LogP contribution in [0.3, 0.4) is 0 Å². The molecule has 0 aromatic rings. The summed E-state index contributed by atoms with van der Waals surface area (Å²) in [6, 6.07) is 0. The van der Waals surface area contributed by atoms with Crippen molar-refractivity contribution in [1.82, 2.24) is 0 Å². The van der Waals surface area contributed by atoms with Crippen LogP contribution in [0.4, 0.5) is 0 Å². The van der Waals surface area contributed by atoms with Crippen molar-refractivity contribution >= 4 is 0 Å². The largest absolute Gasteiger partial charge is 0.393 e. The predicted molar refractivity (Wildman–Crippen MR) is 363 cm³/mol. The molecule has 0 heterocycles. The van der Waals surface area contributed by atoms with E-state index >= 15 is 0 Å². The Balaban J connectivity index is 0.000000440. The zero-order chi connectivity index (χ0) is 63.0. The van der Waals surface area contributed by atoms with E-state index in [1.807, 2.05) is 101 Å². The molecular weight excluding hydrogens is 1020 g/mol. The second kappa shape index (κ2) is 33.8. The molecule has 0 spiro atoms. The lowest BCUT2D eigenvalue weighted by atomic mass is 9.72. The van der Waals surface area contributed by atoms with Gasteiger partial charge in [-0.1, -0.05) is 269 Å². The normalized spacial score (nSPS) is 23.9. The highest BCUT2D eigenvalue weighted by Gasteiger charge is 2.35. The van der Waals surface area contributed by atoms with Crippen LogP contribution < -0.4 is 0 Å². The van der Waals surface area contributed by atoms with Gasteiger partial charge >= 0.3 is 0 Å². The smallest absolute Gasteiger partial charge is 0.0586 e. The van der Waals surface area contributed by atoms with Crippen LogP contribution in [0.1, 0.15) is 190 Å². The molecule has 4 heteroatoms. The highest BCUT2D eigenvalue weighted by Crippen LogP contribution is 2.43. The number of hydrogen-bond acceptors (Lipinski definition) is 4. The van der Waals surface area contributed by atoms with E-state index in [4.69, 9.17) is 0 Å². The summed E-state index contributed by atoms with van der Waals surface area (Å²) in [7, 11) is 0. The average molecular weight is 1130 g/mol. The van der Waals surface area contributed by atoms with Crippen LogP contribution in [0, 0.1) is 69.0 Å². The molecule has 0 unspecified atom stereocenters. The molecule has 448 valence electrons. The van der Waals surface area contributed by atoms with Crippen LogP contribution in [0.15, 0.2) is 211 Å². The number of hydrogen-bond donors (Lipinski definition) is 4. The minimum atomic E-state index is -0.263. The van der Waals surface area contributed by atoms with Gasteiger partial charge in [0.1, 0.15) is 0 Å². The molecule has 4 N–H and O–H groups in total. The van der Waals surface area contributed by atoms with E-state index < -0.39 is 0 Å². The van der Waals surface area contributed by atoms with Crippen LogP contribution in [-0.2, 0) is 0 Å². The summed E-state index contributed by atoms with van der Waals surface area (Å²) in [5, 5.41) is 40.3. The first-order chi connectivity index (χ1) is 39.2. The molecule has 4 nitrogen and oxygen atoms in total. The molecule has 0 aromatic carbocycles. The molecule has 0 aliphatic heterocycles. The van der Waals surface area contributed by atoms with E-state index in [0.717, 1.165) is 118 Å². The molecule has 0 amide bonds. The lowest BCUT2D eigenvalue weighted by molar-refractivity contribution is 0.116. The maximum absolute atomic E-state index is 10.1. The predicted octanol–water partition coefficient (Wildman–Crippen LogP) is 18.9. The van der Waals surface area contributed by atoms with Crippen LogP contribution in [0.2, 0.25) is 0 Å². The second-order valence-corrected chi connectivity index (χ2v) is 26.7. The van der Waals surface area contributed by atoms with E-state index in [2.05, 4.69) is 207 Å². The number of allylic oxidation sites excluding steroid dienone is 32. The first-order valence-electron chi connectivity index (χ1n) is 30.3. The van der Waals surface area contributed by atoms with Gasteiger partial charge in [0.15, 0.2) is 0 Å². The molecule has 0 saturated heterocycles. The molecular formula is C80H104O4. The summed E-state index contributed by atoms with van der Waals surface area (Å²) in [6.07, 6.45) is 46.1. The van der Waals surface area contributed by atoms with E-state index in [1.165, 1.54) is 22.3 Å². The Morgan fingerprint density at radius 1 is 0.310 bits per heavy atom. The highest BCUT2D eigenvalue weighted by molar-refractivity contribution is 5.49. The van der Waals surface area contributed by atoms with Gasteiger partial charge < -0.3 is 20.4 Å². The third-order valence-corrected chi connectivity index (χ3v) is 15.6. The van der Waals surface area contributed by atoms with Crippen molar-refractivity contribution in [2.75, 3.05) is 0 Å². The highest BCUT2D eigenvalue weighted by atomic mass is 16.3. The third kappa shape index (κ3) is 25.7. The second-order valence-electron chi connectivity index (χ2n) is 26.7. The first-order valence-corrected chi connectivity index (χ1v) is 30.3. The molecule has 0 bridgehead atoms. The van der Waals surface area contributed by atoms with Gasteiger partial charge in [-0.15, -0.1) is 0 Å². The lowest BCUT2D eigenvalue weighted by Gasteiger charge is -2.34. The first kappa shape index (κ1) is 71.7. The molecule has 4 aliphatic carbocycles. The van der Waals surface area contributed by atoms with Crippen LogP contribution in [0.5, 0.6) is 0 Å². The van der Waals surface area contributed by atoms with Crippen LogP contribution in [0.25, 0.3) is 0 Å². The lowest BCUT2D eigenvalue weighted by Crippen LogP contribution is -2.28. The van der Waals surface area contributed by atoms with E-state index in [-0.39, 0.29) is 46.1 Å². The zero-order valence-electron chi connectivity index (χ0n) is 55.3. The van der Waals surface area contributed by atoms with Crippen molar-refractivity contribution < 1.29 is 20.4 Å². The number of aliphatic hydroxyl groups excluding tert-OH is 4. The fourth-order valence-corrected chi connectivity index (χ4v) is 11.5. The molecule has 4 atom stereocenters. The van der Waals surface area contributed by atoms with E-state index in [0.29, 0.717) is 0 Å². The van der Waals surface area contributed by atoms with Gasteiger partial charge in [0, 0.05) is 44.0 Å². The summed E-state index contributed by atoms with van der Waals surface area (Å²) >= 11 is 0. The fourth-order valence-electron chi connectivity index (χ4n) is 11.5. The maximum Gasteiger partial charge on any atom is 0.0586 e. The SMILES string of the molecule is CC1=C(C#C/C(C)=C/C=C/C(C)=C/C=C/C=C(C)/C=C/C=C(\C)C#CC2=C(C)C[C@@H](O)CC2(C)C)C(C)(C)C[C@H](O)C1.CC1=C(C#C/C(C)=C/C=C/C(C)=C/C=C/C=C(C)/C=C/C=C(\C)C#CC2=C(C)C[C@@H](O)CC2(C)C)C(C)(C)C[C@H](O)C1. The third-order valence-electron chi connectivity index (χ3n) is 15.6. The summed E-state index contributed by atoms with van der Waals surface area (Å²) in [5.41, 5.74) is 17.8. The van der Waals surface area contributed by atoms with Crippen molar-refractivity contribution in [3.63, 3.8) is 0 Å². The summed E-state index contributed by atoms with van der Waals surface area (Å²) in [4.78, 5) is 0. The Bertz CT molecular complexity index is 2800. The molecule has 4 aliphatic rings. The Labute approximate surface area is 511 Å². The quantitative estimate of drug-likeness (QED) is 0.116. The van der Waals surface area contributed by atoms with Gasteiger partial charge in [-0.05, 0) is 157 Å². The molecule has 0 radical (unpaired) electrons. The minimum absolute atomic E-state index is 0.0840. The van der Waals surface area contributed by atoms with E-state index in [9.17, 15) is 20.4 Å². The fraction of sp³-hybridized carbons (Fsp3) is 0.450. The molecule has 84 heavy (non-hydrogen) atoms. The van der Waals surface area contributed by atoms with Gasteiger partial charge in [0.05, 0.1) is 24.4 Å². The van der Waals surface area contributed by atoms with Crippen LogP contribution >= 0.6 is 0 Å². The Morgan fingerprint density at radius 3 is 0.655 bits per heavy atom. The molecule has 0 saturated carbocycles. The Hall–Kier alpha value is -6.60.